The van der Waals surface area contributed by atoms with Crippen molar-refractivity contribution in [2.75, 3.05) is 43.2 Å². The molecule has 1 unspecified atom stereocenters. The molecule has 172 valence electrons. The summed E-state index contributed by atoms with van der Waals surface area (Å²) in [7, 11) is 1.51. The molecule has 2 aromatic rings. The summed E-state index contributed by atoms with van der Waals surface area (Å²) in [4.78, 5) is 24.8. The van der Waals surface area contributed by atoms with Crippen LogP contribution in [0, 0.1) is 5.82 Å². The Hall–Kier alpha value is -4.08. The number of carbonyl (C=O) groups excluding carboxylic acids is 1. The summed E-state index contributed by atoms with van der Waals surface area (Å²) >= 11 is 0. The molecule has 0 aliphatic carbocycles. The molecule has 1 aromatic carbocycles. The SMILES string of the molecule is C=C(/C=C\OC)OCC1CN(c2ccc(-c3ccc(N4C=NOCC4)nc3)c(F)c2)C(=O)O1. The van der Waals surface area contributed by atoms with Crippen LogP contribution in [-0.4, -0.2) is 56.9 Å². The minimum Gasteiger partial charge on any atom is -0.504 e. The molecule has 0 bridgehead atoms. The van der Waals surface area contributed by atoms with Gasteiger partial charge in [-0.25, -0.2) is 14.2 Å². The molecule has 33 heavy (non-hydrogen) atoms. The number of anilines is 2. The van der Waals surface area contributed by atoms with E-state index in [4.69, 9.17) is 19.0 Å². The van der Waals surface area contributed by atoms with Crippen LogP contribution >= 0.6 is 0 Å². The second kappa shape index (κ2) is 10.0. The maximum absolute atomic E-state index is 14.9. The van der Waals surface area contributed by atoms with E-state index in [1.807, 2.05) is 4.90 Å². The molecule has 2 aliphatic heterocycles. The standard InChI is InChI=1S/C23H23FN4O5/c1-16(7-9-30-2)31-14-19-13-28(23(29)33-19)18-4-5-20(21(24)11-18)17-3-6-22(25-12-17)27-8-10-32-26-15-27/h3-7,9,11-12,15,19H,1,8,10,13-14H2,2H3/b9-7-. The van der Waals surface area contributed by atoms with Gasteiger partial charge in [0.25, 0.3) is 0 Å². The number of rotatable bonds is 8. The number of cyclic esters (lactones) is 1. The van der Waals surface area contributed by atoms with E-state index < -0.39 is 18.0 Å². The summed E-state index contributed by atoms with van der Waals surface area (Å²) in [5, 5.41) is 3.76. The fourth-order valence-corrected chi connectivity index (χ4v) is 3.35. The zero-order chi connectivity index (χ0) is 23.2. The van der Waals surface area contributed by atoms with E-state index in [-0.39, 0.29) is 13.2 Å². The molecule has 0 saturated carbocycles. The molecule has 1 fully saturated rings. The molecular formula is C23H23FN4O5. The first-order valence-corrected chi connectivity index (χ1v) is 10.2. The maximum Gasteiger partial charge on any atom is 0.414 e. The molecule has 4 rings (SSSR count). The van der Waals surface area contributed by atoms with Gasteiger partial charge in [-0.1, -0.05) is 11.7 Å². The van der Waals surface area contributed by atoms with Crippen molar-refractivity contribution >= 4 is 23.9 Å². The van der Waals surface area contributed by atoms with Crippen LogP contribution in [0.3, 0.4) is 0 Å². The van der Waals surface area contributed by atoms with E-state index in [1.165, 1.54) is 24.3 Å². The summed E-state index contributed by atoms with van der Waals surface area (Å²) in [5.74, 6) is 0.596. The highest BCUT2D eigenvalue weighted by Gasteiger charge is 2.33. The molecule has 10 heteroatoms. The Balaban J connectivity index is 1.41. The minimum atomic E-state index is -0.563. The molecule has 2 aliphatic rings. The van der Waals surface area contributed by atoms with E-state index >= 15 is 0 Å². The van der Waals surface area contributed by atoms with E-state index in [9.17, 15) is 9.18 Å². The lowest BCUT2D eigenvalue weighted by Gasteiger charge is -2.20. The highest BCUT2D eigenvalue weighted by Crippen LogP contribution is 2.29. The highest BCUT2D eigenvalue weighted by molar-refractivity contribution is 5.90. The van der Waals surface area contributed by atoms with Gasteiger partial charge in [0, 0.05) is 23.4 Å². The Kier molecular flexibility index (Phi) is 6.72. The number of amides is 1. The van der Waals surface area contributed by atoms with Crippen molar-refractivity contribution in [3.05, 3.63) is 67.0 Å². The average molecular weight is 454 g/mol. The van der Waals surface area contributed by atoms with Gasteiger partial charge in [-0.2, -0.15) is 0 Å². The monoisotopic (exact) mass is 454 g/mol. The van der Waals surface area contributed by atoms with Crippen molar-refractivity contribution in [2.24, 2.45) is 5.16 Å². The zero-order valence-corrected chi connectivity index (χ0v) is 18.0. The molecule has 1 atom stereocenters. The second-order valence-corrected chi connectivity index (χ2v) is 7.25. The first-order valence-electron chi connectivity index (χ1n) is 10.2. The van der Waals surface area contributed by atoms with Gasteiger partial charge in [0.1, 0.15) is 36.9 Å². The predicted octanol–water partition coefficient (Wildman–Crippen LogP) is 3.68. The van der Waals surface area contributed by atoms with Crippen molar-refractivity contribution < 1.29 is 28.2 Å². The molecule has 0 N–H and O–H groups in total. The van der Waals surface area contributed by atoms with Crippen molar-refractivity contribution in [1.29, 1.82) is 0 Å². The van der Waals surface area contributed by atoms with Gasteiger partial charge in [-0.05, 0) is 30.3 Å². The number of hydrogen-bond acceptors (Lipinski definition) is 8. The number of halogens is 1. The third kappa shape index (κ3) is 5.22. The predicted molar refractivity (Wildman–Crippen MR) is 120 cm³/mol. The fourth-order valence-electron chi connectivity index (χ4n) is 3.35. The van der Waals surface area contributed by atoms with Crippen LogP contribution in [0.5, 0.6) is 0 Å². The maximum atomic E-state index is 14.9. The van der Waals surface area contributed by atoms with Crippen molar-refractivity contribution in [1.82, 2.24) is 4.98 Å². The summed E-state index contributed by atoms with van der Waals surface area (Å²) in [6.45, 7) is 5.19. The summed E-state index contributed by atoms with van der Waals surface area (Å²) < 4.78 is 30.5. The number of carbonyl (C=O) groups is 1. The van der Waals surface area contributed by atoms with Crippen molar-refractivity contribution in [2.45, 2.75) is 6.10 Å². The highest BCUT2D eigenvalue weighted by atomic mass is 19.1. The number of hydrogen-bond donors (Lipinski definition) is 0. The Bertz CT molecular complexity index is 1070. The molecular weight excluding hydrogens is 431 g/mol. The van der Waals surface area contributed by atoms with E-state index in [0.717, 1.165) is 0 Å². The Morgan fingerprint density at radius 2 is 2.24 bits per heavy atom. The number of oxime groups is 1. The molecule has 3 heterocycles. The Morgan fingerprint density at radius 1 is 1.36 bits per heavy atom. The third-order valence-corrected chi connectivity index (χ3v) is 5.02. The normalized spacial score (nSPS) is 17.8. The van der Waals surface area contributed by atoms with Gasteiger partial charge in [0.2, 0.25) is 0 Å². The first kappa shape index (κ1) is 22.1. The minimum absolute atomic E-state index is 0.127. The van der Waals surface area contributed by atoms with E-state index in [0.29, 0.717) is 41.5 Å². The largest absolute Gasteiger partial charge is 0.504 e. The van der Waals surface area contributed by atoms with Gasteiger partial charge in [0.05, 0.1) is 32.1 Å². The number of ether oxygens (including phenoxy) is 3. The fraction of sp³-hybridized carbons (Fsp3) is 0.261. The lowest BCUT2D eigenvalue weighted by Crippen LogP contribution is -2.29. The molecule has 0 radical (unpaired) electrons. The smallest absolute Gasteiger partial charge is 0.414 e. The molecule has 1 amide bonds. The molecule has 1 saturated heterocycles. The molecule has 9 nitrogen and oxygen atoms in total. The number of aromatic nitrogens is 1. The van der Waals surface area contributed by atoms with Gasteiger partial charge in [-0.3, -0.25) is 4.90 Å². The number of nitrogens with zero attached hydrogens (tertiary/aromatic N) is 4. The lowest BCUT2D eigenvalue weighted by atomic mass is 10.1. The van der Waals surface area contributed by atoms with Gasteiger partial charge in [-0.15, -0.1) is 0 Å². The zero-order valence-electron chi connectivity index (χ0n) is 18.0. The Morgan fingerprint density at radius 3 is 2.94 bits per heavy atom. The molecule has 0 spiro atoms. The topological polar surface area (TPSA) is 85.7 Å². The lowest BCUT2D eigenvalue weighted by molar-refractivity contribution is 0.0811. The van der Waals surface area contributed by atoms with E-state index in [2.05, 4.69) is 16.7 Å². The number of methoxy groups -OCH3 is 1. The number of allylic oxidation sites excluding steroid dienone is 1. The summed E-state index contributed by atoms with van der Waals surface area (Å²) in [5.41, 5.74) is 1.39. The van der Waals surface area contributed by atoms with Crippen LogP contribution < -0.4 is 9.80 Å². The number of benzene rings is 1. The number of pyridine rings is 1. The van der Waals surface area contributed by atoms with Crippen LogP contribution in [0.25, 0.3) is 11.1 Å². The summed E-state index contributed by atoms with van der Waals surface area (Å²) in [6, 6.07) is 8.17. The van der Waals surface area contributed by atoms with E-state index in [1.54, 1.807) is 42.9 Å². The van der Waals surface area contributed by atoms with Crippen molar-refractivity contribution in [3.63, 3.8) is 0 Å². The molecule has 1 aromatic heterocycles. The summed E-state index contributed by atoms with van der Waals surface area (Å²) in [6.07, 6.45) is 5.07. The van der Waals surface area contributed by atoms with Gasteiger partial charge in [0.15, 0.2) is 6.10 Å². The van der Waals surface area contributed by atoms with Crippen LogP contribution in [-0.2, 0) is 19.0 Å². The van der Waals surface area contributed by atoms with Gasteiger partial charge < -0.3 is 23.9 Å². The Labute approximate surface area is 190 Å². The van der Waals surface area contributed by atoms with Gasteiger partial charge >= 0.3 is 6.09 Å². The van der Waals surface area contributed by atoms with Crippen LogP contribution in [0.2, 0.25) is 0 Å². The first-order chi connectivity index (χ1) is 16.0. The second-order valence-electron chi connectivity index (χ2n) is 7.25. The van der Waals surface area contributed by atoms with Crippen molar-refractivity contribution in [3.8, 4) is 11.1 Å². The van der Waals surface area contributed by atoms with Crippen LogP contribution in [0.15, 0.2) is 66.4 Å². The average Bonchev–Trinajstić information content (AvgIpc) is 3.22. The third-order valence-electron chi connectivity index (χ3n) is 5.02. The quantitative estimate of drug-likeness (QED) is 0.444. The van der Waals surface area contributed by atoms with Crippen LogP contribution in [0.1, 0.15) is 0 Å². The van der Waals surface area contributed by atoms with Crippen LogP contribution in [0.4, 0.5) is 20.7 Å².